The van der Waals surface area contributed by atoms with Crippen LogP contribution in [0.3, 0.4) is 0 Å². The van der Waals surface area contributed by atoms with E-state index in [2.05, 4.69) is 73.8 Å². The second-order valence-corrected chi connectivity index (χ2v) is 6.03. The molecule has 1 aromatic heterocycles. The molecule has 0 fully saturated rings. The zero-order chi connectivity index (χ0) is 12.4. The fourth-order valence-electron chi connectivity index (χ4n) is 1.61. The normalized spacial score (nSPS) is 10.8. The summed E-state index contributed by atoms with van der Waals surface area (Å²) in [7, 11) is 0. The van der Waals surface area contributed by atoms with Gasteiger partial charge in [0.05, 0.1) is 5.69 Å². The van der Waals surface area contributed by atoms with E-state index in [9.17, 15) is 0 Å². The van der Waals surface area contributed by atoms with Gasteiger partial charge in [-0.3, -0.25) is 9.67 Å². The van der Waals surface area contributed by atoms with Gasteiger partial charge >= 0.3 is 0 Å². The highest BCUT2D eigenvalue weighted by Gasteiger charge is 2.08. The van der Waals surface area contributed by atoms with E-state index in [0.717, 1.165) is 28.8 Å². The van der Waals surface area contributed by atoms with Gasteiger partial charge in [-0.15, -0.1) is 0 Å². The van der Waals surface area contributed by atoms with E-state index in [1.807, 2.05) is 4.57 Å². The number of hydrogen-bond acceptors (Lipinski definition) is 2. The molecule has 1 N–H and O–H groups in total. The molecule has 0 saturated heterocycles. The number of aromatic nitrogens is 3. The SMILES string of the molecule is CCCc1n[nH]c(=S)n1-c1ccc(I)c(Br)c1. The second-order valence-electron chi connectivity index (χ2n) is 3.63. The third kappa shape index (κ3) is 2.79. The topological polar surface area (TPSA) is 33.6 Å². The Morgan fingerprint density at radius 2 is 2.29 bits per heavy atom. The van der Waals surface area contributed by atoms with Gasteiger partial charge < -0.3 is 0 Å². The third-order valence-electron chi connectivity index (χ3n) is 2.38. The van der Waals surface area contributed by atoms with Gasteiger partial charge in [-0.05, 0) is 75.4 Å². The molecule has 90 valence electrons. The smallest absolute Gasteiger partial charge is 0.199 e. The average Bonchev–Trinajstić information content (AvgIpc) is 2.65. The van der Waals surface area contributed by atoms with Gasteiger partial charge in [0.15, 0.2) is 4.77 Å². The largest absolute Gasteiger partial charge is 0.272 e. The molecular formula is C11H11BrIN3S. The van der Waals surface area contributed by atoms with Gasteiger partial charge in [0, 0.05) is 14.5 Å². The highest BCUT2D eigenvalue weighted by molar-refractivity contribution is 14.1. The number of nitrogens with one attached hydrogen (secondary N) is 1. The van der Waals surface area contributed by atoms with Gasteiger partial charge in [-0.1, -0.05) is 6.92 Å². The third-order valence-corrected chi connectivity index (χ3v) is 4.99. The van der Waals surface area contributed by atoms with E-state index < -0.39 is 0 Å². The number of halogens is 2. The van der Waals surface area contributed by atoms with Crippen LogP contribution in [0, 0.1) is 8.34 Å². The molecule has 0 unspecified atom stereocenters. The Bertz CT molecular complexity index is 591. The highest BCUT2D eigenvalue weighted by atomic mass is 127. The Kier molecular flexibility index (Phi) is 4.37. The first kappa shape index (κ1) is 13.2. The molecule has 0 bridgehead atoms. The summed E-state index contributed by atoms with van der Waals surface area (Å²) in [5, 5.41) is 7.12. The fraction of sp³-hybridized carbons (Fsp3) is 0.273. The summed E-state index contributed by atoms with van der Waals surface area (Å²) in [6.45, 7) is 2.13. The quantitative estimate of drug-likeness (QED) is 0.591. The van der Waals surface area contributed by atoms with E-state index in [4.69, 9.17) is 12.2 Å². The maximum absolute atomic E-state index is 5.27. The van der Waals surface area contributed by atoms with Gasteiger partial charge in [0.2, 0.25) is 0 Å². The van der Waals surface area contributed by atoms with Crippen molar-refractivity contribution in [2.45, 2.75) is 19.8 Å². The fourth-order valence-corrected chi connectivity index (χ4v) is 2.57. The standard InChI is InChI=1S/C11H11BrIN3S/c1-2-3-10-14-15-11(17)16(10)7-4-5-9(13)8(12)6-7/h4-6H,2-3H2,1H3,(H,15,17). The summed E-state index contributed by atoms with van der Waals surface area (Å²) in [5.74, 6) is 0.977. The van der Waals surface area contributed by atoms with Crippen LogP contribution in [-0.4, -0.2) is 14.8 Å². The molecule has 0 aliphatic heterocycles. The lowest BCUT2D eigenvalue weighted by Crippen LogP contribution is -2.01. The molecule has 0 amide bonds. The predicted molar refractivity (Wildman–Crippen MR) is 83.2 cm³/mol. The Morgan fingerprint density at radius 3 is 2.94 bits per heavy atom. The number of hydrogen-bond donors (Lipinski definition) is 1. The summed E-state index contributed by atoms with van der Waals surface area (Å²) < 4.78 is 4.88. The summed E-state index contributed by atoms with van der Waals surface area (Å²) >= 11 is 11.1. The number of aromatic amines is 1. The Morgan fingerprint density at radius 1 is 1.53 bits per heavy atom. The van der Waals surface area contributed by atoms with Gasteiger partial charge in [0.1, 0.15) is 5.82 Å². The molecule has 0 aliphatic rings. The van der Waals surface area contributed by atoms with Crippen molar-refractivity contribution in [2.75, 3.05) is 0 Å². The van der Waals surface area contributed by atoms with Gasteiger partial charge in [0.25, 0.3) is 0 Å². The lowest BCUT2D eigenvalue weighted by atomic mass is 10.3. The molecule has 1 heterocycles. The van der Waals surface area contributed by atoms with Crippen molar-refractivity contribution < 1.29 is 0 Å². The predicted octanol–water partition coefficient (Wildman–Crippen LogP) is 4.25. The van der Waals surface area contributed by atoms with Crippen molar-refractivity contribution in [2.24, 2.45) is 0 Å². The molecule has 0 aliphatic carbocycles. The maximum atomic E-state index is 5.27. The molecule has 0 spiro atoms. The Labute approximate surface area is 127 Å². The van der Waals surface area contributed by atoms with Crippen LogP contribution in [0.25, 0.3) is 5.69 Å². The van der Waals surface area contributed by atoms with Crippen molar-refractivity contribution in [3.63, 3.8) is 0 Å². The summed E-state index contributed by atoms with van der Waals surface area (Å²) in [5.41, 5.74) is 1.04. The van der Waals surface area contributed by atoms with E-state index >= 15 is 0 Å². The number of nitrogens with zero attached hydrogens (tertiary/aromatic N) is 2. The maximum Gasteiger partial charge on any atom is 0.199 e. The molecule has 3 nitrogen and oxygen atoms in total. The van der Waals surface area contributed by atoms with Crippen LogP contribution in [0.2, 0.25) is 0 Å². The first-order chi connectivity index (χ1) is 8.13. The van der Waals surface area contributed by atoms with E-state index in [0.29, 0.717) is 4.77 Å². The first-order valence-electron chi connectivity index (χ1n) is 5.25. The van der Waals surface area contributed by atoms with E-state index in [-0.39, 0.29) is 0 Å². The Hall–Kier alpha value is -0.210. The molecule has 6 heteroatoms. The molecular weight excluding hydrogens is 413 g/mol. The Balaban J connectivity index is 2.55. The lowest BCUT2D eigenvalue weighted by Gasteiger charge is -2.07. The van der Waals surface area contributed by atoms with Crippen molar-refractivity contribution >= 4 is 50.7 Å². The summed E-state index contributed by atoms with van der Waals surface area (Å²) in [6, 6.07) is 6.17. The van der Waals surface area contributed by atoms with Crippen molar-refractivity contribution in [3.05, 3.63) is 36.8 Å². The van der Waals surface area contributed by atoms with Crippen LogP contribution in [0.4, 0.5) is 0 Å². The van der Waals surface area contributed by atoms with Crippen LogP contribution in [-0.2, 0) is 6.42 Å². The summed E-state index contributed by atoms with van der Waals surface area (Å²) in [4.78, 5) is 0. The molecule has 2 aromatic rings. The van der Waals surface area contributed by atoms with E-state index in [1.54, 1.807) is 0 Å². The number of aryl methyl sites for hydroxylation is 1. The molecule has 17 heavy (non-hydrogen) atoms. The molecule has 0 radical (unpaired) electrons. The molecule has 0 saturated carbocycles. The van der Waals surface area contributed by atoms with Gasteiger partial charge in [-0.2, -0.15) is 5.10 Å². The number of rotatable bonds is 3. The minimum Gasteiger partial charge on any atom is -0.272 e. The van der Waals surface area contributed by atoms with Crippen LogP contribution in [0.1, 0.15) is 19.2 Å². The van der Waals surface area contributed by atoms with Crippen molar-refractivity contribution in [1.82, 2.24) is 14.8 Å². The molecule has 2 rings (SSSR count). The van der Waals surface area contributed by atoms with Crippen molar-refractivity contribution in [1.29, 1.82) is 0 Å². The molecule has 0 atom stereocenters. The zero-order valence-electron chi connectivity index (χ0n) is 9.20. The highest BCUT2D eigenvalue weighted by Crippen LogP contribution is 2.23. The second kappa shape index (κ2) is 5.62. The van der Waals surface area contributed by atoms with Crippen LogP contribution in [0.5, 0.6) is 0 Å². The summed E-state index contributed by atoms with van der Waals surface area (Å²) in [6.07, 6.45) is 1.96. The number of benzene rings is 1. The zero-order valence-corrected chi connectivity index (χ0v) is 13.8. The number of H-pyrrole nitrogens is 1. The van der Waals surface area contributed by atoms with Gasteiger partial charge in [-0.25, -0.2) is 0 Å². The lowest BCUT2D eigenvalue weighted by molar-refractivity contribution is 0.801. The van der Waals surface area contributed by atoms with Crippen LogP contribution >= 0.6 is 50.7 Å². The average molecular weight is 424 g/mol. The first-order valence-corrected chi connectivity index (χ1v) is 7.53. The van der Waals surface area contributed by atoms with Crippen LogP contribution < -0.4 is 0 Å². The molecule has 1 aromatic carbocycles. The van der Waals surface area contributed by atoms with Crippen molar-refractivity contribution in [3.8, 4) is 5.69 Å². The minimum absolute atomic E-state index is 0.640. The van der Waals surface area contributed by atoms with Crippen LogP contribution in [0.15, 0.2) is 22.7 Å². The minimum atomic E-state index is 0.640. The van der Waals surface area contributed by atoms with E-state index in [1.165, 1.54) is 3.57 Å². The monoisotopic (exact) mass is 423 g/mol.